The maximum absolute atomic E-state index is 5.33. The third-order valence-electron chi connectivity index (χ3n) is 3.91. The van der Waals surface area contributed by atoms with E-state index in [9.17, 15) is 0 Å². The standard InChI is InChI=1S/C17H28N2O/c1-2-20-14-6-5-10-18-11-13-19-12-9-16-7-3-4-8-17(16)15-19/h3-4,7-8,18H,2,5-6,9-15H2,1H3. The monoisotopic (exact) mass is 276 g/mol. The van der Waals surface area contributed by atoms with Crippen LogP contribution in [-0.4, -0.2) is 44.3 Å². The highest BCUT2D eigenvalue weighted by Gasteiger charge is 2.14. The van der Waals surface area contributed by atoms with Crippen LogP contribution in [-0.2, 0) is 17.7 Å². The van der Waals surface area contributed by atoms with Crippen LogP contribution in [0.2, 0.25) is 0 Å². The first-order chi connectivity index (χ1) is 9.90. The van der Waals surface area contributed by atoms with Gasteiger partial charge in [0, 0.05) is 39.4 Å². The van der Waals surface area contributed by atoms with E-state index < -0.39 is 0 Å². The van der Waals surface area contributed by atoms with Crippen molar-refractivity contribution in [3.05, 3.63) is 35.4 Å². The van der Waals surface area contributed by atoms with Crippen molar-refractivity contribution in [3.63, 3.8) is 0 Å². The first-order valence-electron chi connectivity index (χ1n) is 7.97. The van der Waals surface area contributed by atoms with Gasteiger partial charge in [-0.1, -0.05) is 24.3 Å². The zero-order valence-electron chi connectivity index (χ0n) is 12.7. The number of fused-ring (bicyclic) bond motifs is 1. The fourth-order valence-corrected chi connectivity index (χ4v) is 2.71. The average molecular weight is 276 g/mol. The van der Waals surface area contributed by atoms with Crippen molar-refractivity contribution in [1.29, 1.82) is 0 Å². The van der Waals surface area contributed by atoms with E-state index >= 15 is 0 Å². The number of rotatable bonds is 9. The third kappa shape index (κ3) is 5.23. The Hall–Kier alpha value is -0.900. The second kappa shape index (κ2) is 9.11. The highest BCUT2D eigenvalue weighted by atomic mass is 16.5. The van der Waals surface area contributed by atoms with Crippen molar-refractivity contribution in [2.45, 2.75) is 32.7 Å². The van der Waals surface area contributed by atoms with Gasteiger partial charge in [0.2, 0.25) is 0 Å². The molecule has 1 heterocycles. The Morgan fingerprint density at radius 3 is 2.85 bits per heavy atom. The van der Waals surface area contributed by atoms with Gasteiger partial charge in [-0.2, -0.15) is 0 Å². The summed E-state index contributed by atoms with van der Waals surface area (Å²) in [6.45, 7) is 9.46. The predicted octanol–water partition coefficient (Wildman–Crippen LogP) is 2.45. The Balaban J connectivity index is 1.53. The van der Waals surface area contributed by atoms with E-state index in [0.717, 1.165) is 45.8 Å². The normalized spacial score (nSPS) is 15.2. The molecule has 0 aliphatic carbocycles. The zero-order chi connectivity index (χ0) is 14.0. The number of hydrogen-bond acceptors (Lipinski definition) is 3. The summed E-state index contributed by atoms with van der Waals surface area (Å²) < 4.78 is 5.33. The van der Waals surface area contributed by atoms with Gasteiger partial charge in [0.25, 0.3) is 0 Å². The molecule has 1 aromatic carbocycles. The van der Waals surface area contributed by atoms with Gasteiger partial charge < -0.3 is 10.1 Å². The molecular weight excluding hydrogens is 248 g/mol. The molecule has 3 heteroatoms. The molecule has 0 fully saturated rings. The van der Waals surface area contributed by atoms with Gasteiger partial charge in [0.1, 0.15) is 0 Å². The first-order valence-corrected chi connectivity index (χ1v) is 7.97. The van der Waals surface area contributed by atoms with Crippen LogP contribution in [0.3, 0.4) is 0 Å². The molecule has 0 bridgehead atoms. The molecule has 20 heavy (non-hydrogen) atoms. The van der Waals surface area contributed by atoms with Crippen molar-refractivity contribution in [3.8, 4) is 0 Å². The van der Waals surface area contributed by atoms with Gasteiger partial charge in [-0.3, -0.25) is 4.90 Å². The van der Waals surface area contributed by atoms with Gasteiger partial charge in [-0.15, -0.1) is 0 Å². The Kier molecular flexibility index (Phi) is 7.06. The van der Waals surface area contributed by atoms with Gasteiger partial charge >= 0.3 is 0 Å². The minimum atomic E-state index is 0.837. The summed E-state index contributed by atoms with van der Waals surface area (Å²) >= 11 is 0. The molecule has 0 radical (unpaired) electrons. The van der Waals surface area contributed by atoms with E-state index in [4.69, 9.17) is 4.74 Å². The van der Waals surface area contributed by atoms with Gasteiger partial charge in [-0.05, 0) is 43.9 Å². The largest absolute Gasteiger partial charge is 0.382 e. The van der Waals surface area contributed by atoms with Crippen LogP contribution in [0.5, 0.6) is 0 Å². The lowest BCUT2D eigenvalue weighted by atomic mass is 10.00. The van der Waals surface area contributed by atoms with Crippen LogP contribution in [0.15, 0.2) is 24.3 Å². The minimum Gasteiger partial charge on any atom is -0.382 e. The van der Waals surface area contributed by atoms with Crippen molar-refractivity contribution >= 4 is 0 Å². The summed E-state index contributed by atoms with van der Waals surface area (Å²) in [6, 6.07) is 8.84. The summed E-state index contributed by atoms with van der Waals surface area (Å²) in [5.41, 5.74) is 3.04. The number of ether oxygens (including phenoxy) is 1. The molecule has 0 saturated carbocycles. The maximum Gasteiger partial charge on any atom is 0.0466 e. The van der Waals surface area contributed by atoms with Crippen molar-refractivity contribution in [2.75, 3.05) is 39.4 Å². The van der Waals surface area contributed by atoms with Crippen LogP contribution >= 0.6 is 0 Å². The summed E-state index contributed by atoms with van der Waals surface area (Å²) in [7, 11) is 0. The summed E-state index contributed by atoms with van der Waals surface area (Å²) in [5.74, 6) is 0. The maximum atomic E-state index is 5.33. The third-order valence-corrected chi connectivity index (χ3v) is 3.91. The molecule has 1 N–H and O–H groups in total. The first kappa shape index (κ1) is 15.5. The lowest BCUT2D eigenvalue weighted by Gasteiger charge is -2.28. The zero-order valence-corrected chi connectivity index (χ0v) is 12.7. The number of nitrogens with one attached hydrogen (secondary N) is 1. The Bertz CT molecular complexity index is 381. The second-order valence-electron chi connectivity index (χ2n) is 5.45. The summed E-state index contributed by atoms with van der Waals surface area (Å²) in [6.07, 6.45) is 3.57. The molecule has 1 aliphatic rings. The lowest BCUT2D eigenvalue weighted by Crippen LogP contribution is -2.36. The average Bonchev–Trinajstić information content (AvgIpc) is 2.50. The van der Waals surface area contributed by atoms with Crippen LogP contribution in [0.25, 0.3) is 0 Å². The Morgan fingerprint density at radius 1 is 1.15 bits per heavy atom. The van der Waals surface area contributed by atoms with Crippen LogP contribution in [0.1, 0.15) is 30.9 Å². The lowest BCUT2D eigenvalue weighted by molar-refractivity contribution is 0.143. The number of unbranched alkanes of at least 4 members (excludes halogenated alkanes) is 1. The molecular formula is C17H28N2O. The Morgan fingerprint density at radius 2 is 2.00 bits per heavy atom. The van der Waals surface area contributed by atoms with Gasteiger partial charge in [-0.25, -0.2) is 0 Å². The molecule has 3 nitrogen and oxygen atoms in total. The molecule has 0 saturated heterocycles. The molecule has 2 rings (SSSR count). The highest BCUT2D eigenvalue weighted by molar-refractivity contribution is 5.28. The van der Waals surface area contributed by atoms with Gasteiger partial charge in [0.15, 0.2) is 0 Å². The second-order valence-corrected chi connectivity index (χ2v) is 5.45. The SMILES string of the molecule is CCOCCCCNCCN1CCc2ccccc2C1. The highest BCUT2D eigenvalue weighted by Crippen LogP contribution is 2.17. The Labute approximate surface area is 123 Å². The molecule has 1 aromatic rings. The summed E-state index contributed by atoms with van der Waals surface area (Å²) in [5, 5.41) is 3.54. The topological polar surface area (TPSA) is 24.5 Å². The molecule has 0 aromatic heterocycles. The number of nitrogens with zero attached hydrogens (tertiary/aromatic N) is 1. The van der Waals surface area contributed by atoms with Gasteiger partial charge in [0.05, 0.1) is 0 Å². The van der Waals surface area contributed by atoms with E-state index in [0.29, 0.717) is 0 Å². The van der Waals surface area contributed by atoms with E-state index in [1.165, 1.54) is 30.5 Å². The molecule has 0 atom stereocenters. The smallest absolute Gasteiger partial charge is 0.0466 e. The molecule has 112 valence electrons. The number of hydrogen-bond donors (Lipinski definition) is 1. The quantitative estimate of drug-likeness (QED) is 0.701. The van der Waals surface area contributed by atoms with Crippen LogP contribution in [0, 0.1) is 0 Å². The molecule has 1 aliphatic heterocycles. The molecule has 0 unspecified atom stereocenters. The van der Waals surface area contributed by atoms with Crippen LogP contribution < -0.4 is 5.32 Å². The fourth-order valence-electron chi connectivity index (χ4n) is 2.71. The van der Waals surface area contributed by atoms with Crippen molar-refractivity contribution < 1.29 is 4.74 Å². The van der Waals surface area contributed by atoms with Crippen molar-refractivity contribution in [1.82, 2.24) is 10.2 Å². The van der Waals surface area contributed by atoms with Crippen molar-refractivity contribution in [2.24, 2.45) is 0 Å². The predicted molar refractivity (Wildman–Crippen MR) is 84.0 cm³/mol. The van der Waals surface area contributed by atoms with E-state index in [-0.39, 0.29) is 0 Å². The van der Waals surface area contributed by atoms with Crippen LogP contribution in [0.4, 0.5) is 0 Å². The van der Waals surface area contributed by atoms with E-state index in [1.54, 1.807) is 0 Å². The minimum absolute atomic E-state index is 0.837. The molecule has 0 amide bonds. The van der Waals surface area contributed by atoms with E-state index in [1.807, 2.05) is 0 Å². The molecule has 0 spiro atoms. The summed E-state index contributed by atoms with van der Waals surface area (Å²) in [4.78, 5) is 2.55. The van der Waals surface area contributed by atoms with E-state index in [2.05, 4.69) is 41.4 Å². The fraction of sp³-hybridized carbons (Fsp3) is 0.647. The number of benzene rings is 1.